The van der Waals surface area contributed by atoms with Crippen LogP contribution in [0.3, 0.4) is 0 Å². The summed E-state index contributed by atoms with van der Waals surface area (Å²) in [4.78, 5) is 0. The Balaban J connectivity index is 1.79. The number of halogens is 1. The number of ether oxygens (including phenoxy) is 1. The van der Waals surface area contributed by atoms with Gasteiger partial charge in [-0.25, -0.2) is 4.39 Å². The second kappa shape index (κ2) is 5.12. The van der Waals surface area contributed by atoms with Gasteiger partial charge >= 0.3 is 0 Å². The predicted molar refractivity (Wildman–Crippen MR) is 57.5 cm³/mol. The molecular formula is C12H16FNO. The van der Waals surface area contributed by atoms with Gasteiger partial charge < -0.3 is 10.1 Å². The molecule has 15 heavy (non-hydrogen) atoms. The van der Waals surface area contributed by atoms with Crippen molar-refractivity contribution < 1.29 is 9.13 Å². The minimum atomic E-state index is -0.221. The zero-order valence-corrected chi connectivity index (χ0v) is 8.71. The molecule has 2 rings (SSSR count). The third-order valence-corrected chi connectivity index (χ3v) is 2.70. The van der Waals surface area contributed by atoms with Crippen LogP contribution in [-0.4, -0.2) is 19.7 Å². The summed E-state index contributed by atoms with van der Waals surface area (Å²) in [6.07, 6.45) is 2.44. The molecule has 3 heteroatoms. The number of hydrogen-bond acceptors (Lipinski definition) is 2. The van der Waals surface area contributed by atoms with Crippen LogP contribution >= 0.6 is 0 Å². The number of piperidine rings is 1. The first kappa shape index (κ1) is 10.4. The second-order valence-electron chi connectivity index (χ2n) is 3.98. The van der Waals surface area contributed by atoms with Crippen LogP contribution in [0.5, 0.6) is 5.75 Å². The van der Waals surface area contributed by atoms with E-state index in [1.807, 2.05) is 0 Å². The molecule has 1 aromatic rings. The first-order chi connectivity index (χ1) is 7.34. The summed E-state index contributed by atoms with van der Waals surface area (Å²) in [5, 5.41) is 3.34. The molecular weight excluding hydrogens is 193 g/mol. The average Bonchev–Trinajstić information content (AvgIpc) is 2.30. The Morgan fingerprint density at radius 3 is 2.80 bits per heavy atom. The van der Waals surface area contributed by atoms with E-state index in [9.17, 15) is 4.39 Å². The summed E-state index contributed by atoms with van der Waals surface area (Å²) in [6, 6.07) is 6.19. The van der Waals surface area contributed by atoms with Crippen LogP contribution in [0.4, 0.5) is 4.39 Å². The van der Waals surface area contributed by atoms with E-state index >= 15 is 0 Å². The molecule has 0 amide bonds. The summed E-state index contributed by atoms with van der Waals surface area (Å²) < 4.78 is 18.2. The van der Waals surface area contributed by atoms with Crippen molar-refractivity contribution in [3.63, 3.8) is 0 Å². The normalized spacial score (nSPS) is 21.3. The molecule has 1 aliphatic heterocycles. The highest BCUT2D eigenvalue weighted by Crippen LogP contribution is 2.15. The first-order valence-electron chi connectivity index (χ1n) is 5.44. The van der Waals surface area contributed by atoms with Gasteiger partial charge in [-0.3, -0.25) is 0 Å². The smallest absolute Gasteiger partial charge is 0.123 e. The summed E-state index contributed by atoms with van der Waals surface area (Å²) in [5.41, 5.74) is 0. The molecule has 0 spiro atoms. The van der Waals surface area contributed by atoms with Gasteiger partial charge in [0, 0.05) is 12.5 Å². The van der Waals surface area contributed by atoms with Crippen LogP contribution in [0.1, 0.15) is 12.8 Å². The number of nitrogens with one attached hydrogen (secondary N) is 1. The van der Waals surface area contributed by atoms with Gasteiger partial charge in [0.15, 0.2) is 0 Å². The minimum Gasteiger partial charge on any atom is -0.493 e. The Kier molecular flexibility index (Phi) is 3.56. The van der Waals surface area contributed by atoms with E-state index in [1.54, 1.807) is 12.1 Å². The van der Waals surface area contributed by atoms with Crippen molar-refractivity contribution in [2.24, 2.45) is 5.92 Å². The highest BCUT2D eigenvalue weighted by molar-refractivity contribution is 5.22. The second-order valence-corrected chi connectivity index (χ2v) is 3.98. The molecule has 0 saturated carbocycles. The van der Waals surface area contributed by atoms with Gasteiger partial charge in [0.2, 0.25) is 0 Å². The monoisotopic (exact) mass is 209 g/mol. The van der Waals surface area contributed by atoms with Gasteiger partial charge in [-0.2, -0.15) is 0 Å². The van der Waals surface area contributed by atoms with Gasteiger partial charge in [0.05, 0.1) is 6.61 Å². The van der Waals surface area contributed by atoms with Crippen molar-refractivity contribution in [2.45, 2.75) is 12.8 Å². The molecule has 1 atom stereocenters. The maximum Gasteiger partial charge on any atom is 0.123 e. The Morgan fingerprint density at radius 1 is 1.33 bits per heavy atom. The van der Waals surface area contributed by atoms with E-state index in [-0.39, 0.29) is 5.82 Å². The quantitative estimate of drug-likeness (QED) is 0.824. The maximum atomic E-state index is 12.6. The molecule has 1 aliphatic rings. The zero-order valence-electron chi connectivity index (χ0n) is 8.71. The lowest BCUT2D eigenvalue weighted by atomic mass is 10.0. The largest absolute Gasteiger partial charge is 0.493 e. The topological polar surface area (TPSA) is 21.3 Å². The molecule has 1 saturated heterocycles. The van der Waals surface area contributed by atoms with Crippen molar-refractivity contribution in [1.82, 2.24) is 5.32 Å². The van der Waals surface area contributed by atoms with Crippen molar-refractivity contribution >= 4 is 0 Å². The molecule has 0 radical (unpaired) electrons. The molecule has 2 nitrogen and oxygen atoms in total. The van der Waals surface area contributed by atoms with E-state index in [4.69, 9.17) is 4.74 Å². The Hall–Kier alpha value is -1.09. The number of rotatable bonds is 3. The van der Waals surface area contributed by atoms with E-state index in [2.05, 4.69) is 5.32 Å². The standard InChI is InChI=1S/C12H16FNO/c13-11-3-5-12(6-4-11)15-9-10-2-1-7-14-8-10/h3-6,10,14H,1-2,7-9H2. The fraction of sp³-hybridized carbons (Fsp3) is 0.500. The Morgan fingerprint density at radius 2 is 2.13 bits per heavy atom. The van der Waals surface area contributed by atoms with Gasteiger partial charge in [-0.05, 0) is 43.7 Å². The molecule has 1 heterocycles. The highest BCUT2D eigenvalue weighted by atomic mass is 19.1. The van der Waals surface area contributed by atoms with Crippen LogP contribution < -0.4 is 10.1 Å². The van der Waals surface area contributed by atoms with Crippen LogP contribution in [0, 0.1) is 11.7 Å². The molecule has 1 fully saturated rings. The van der Waals surface area contributed by atoms with Gasteiger partial charge in [0.25, 0.3) is 0 Å². The summed E-state index contributed by atoms with van der Waals surface area (Å²) in [6.45, 7) is 2.87. The first-order valence-corrected chi connectivity index (χ1v) is 5.44. The van der Waals surface area contributed by atoms with Crippen molar-refractivity contribution in [3.8, 4) is 5.75 Å². The lowest BCUT2D eigenvalue weighted by Crippen LogP contribution is -2.33. The lowest BCUT2D eigenvalue weighted by Gasteiger charge is -2.22. The fourth-order valence-corrected chi connectivity index (χ4v) is 1.81. The summed E-state index contributed by atoms with van der Waals surface area (Å²) in [7, 11) is 0. The van der Waals surface area contributed by atoms with Crippen LogP contribution in [0.2, 0.25) is 0 Å². The Labute approximate surface area is 89.4 Å². The highest BCUT2D eigenvalue weighted by Gasteiger charge is 2.13. The SMILES string of the molecule is Fc1ccc(OCC2CCCNC2)cc1. The molecule has 1 unspecified atom stereocenters. The zero-order chi connectivity index (χ0) is 10.5. The van der Waals surface area contributed by atoms with E-state index in [0.29, 0.717) is 5.92 Å². The molecule has 0 aliphatic carbocycles. The molecule has 0 aromatic heterocycles. The molecule has 0 bridgehead atoms. The maximum absolute atomic E-state index is 12.6. The van der Waals surface area contributed by atoms with E-state index < -0.39 is 0 Å². The molecule has 1 aromatic carbocycles. The minimum absolute atomic E-state index is 0.221. The van der Waals surface area contributed by atoms with E-state index in [1.165, 1.54) is 25.0 Å². The number of benzene rings is 1. The van der Waals surface area contributed by atoms with Gasteiger partial charge in [0.1, 0.15) is 11.6 Å². The third kappa shape index (κ3) is 3.20. The lowest BCUT2D eigenvalue weighted by molar-refractivity contribution is 0.218. The summed E-state index contributed by atoms with van der Waals surface area (Å²) in [5.74, 6) is 1.12. The average molecular weight is 209 g/mol. The van der Waals surface area contributed by atoms with Crippen LogP contribution in [0.15, 0.2) is 24.3 Å². The fourth-order valence-electron chi connectivity index (χ4n) is 1.81. The van der Waals surface area contributed by atoms with Gasteiger partial charge in [-0.1, -0.05) is 0 Å². The van der Waals surface area contributed by atoms with Gasteiger partial charge in [-0.15, -0.1) is 0 Å². The van der Waals surface area contributed by atoms with Crippen LogP contribution in [0.25, 0.3) is 0 Å². The number of hydrogen-bond donors (Lipinski definition) is 1. The third-order valence-electron chi connectivity index (χ3n) is 2.70. The van der Waals surface area contributed by atoms with Crippen molar-refractivity contribution in [1.29, 1.82) is 0 Å². The predicted octanol–water partition coefficient (Wildman–Crippen LogP) is 2.20. The van der Waals surface area contributed by atoms with Crippen molar-refractivity contribution in [3.05, 3.63) is 30.1 Å². The Bertz CT molecular complexity index is 293. The van der Waals surface area contributed by atoms with Crippen LogP contribution in [-0.2, 0) is 0 Å². The molecule has 1 N–H and O–H groups in total. The van der Waals surface area contributed by atoms with Crippen molar-refractivity contribution in [2.75, 3.05) is 19.7 Å². The van der Waals surface area contributed by atoms with E-state index in [0.717, 1.165) is 25.4 Å². The summed E-state index contributed by atoms with van der Waals surface area (Å²) >= 11 is 0. The molecule has 82 valence electrons.